The number of aliphatic hydroxyl groups excluding tert-OH is 2. The highest BCUT2D eigenvalue weighted by Crippen LogP contribution is 2.32. The number of hydrogen-bond donors (Lipinski definition) is 3. The highest BCUT2D eigenvalue weighted by molar-refractivity contribution is 7.15. The quantitative estimate of drug-likeness (QED) is 0.400. The largest absolute Gasteiger partial charge is 0.490 e. The molecule has 0 saturated heterocycles. The van der Waals surface area contributed by atoms with Gasteiger partial charge in [-0.2, -0.15) is 4.98 Å². The maximum atomic E-state index is 10.9. The smallest absolute Gasteiger partial charge is 0.268 e. The average Bonchev–Trinajstić information content (AvgIpc) is 3.41. The zero-order valence-electron chi connectivity index (χ0n) is 18.5. The molecule has 0 bridgehead atoms. The first-order chi connectivity index (χ1) is 15.3. The normalized spacial score (nSPS) is 13.2. The van der Waals surface area contributed by atoms with Crippen molar-refractivity contribution in [3.05, 3.63) is 40.3 Å². The summed E-state index contributed by atoms with van der Waals surface area (Å²) in [5, 5.41) is 23.6. The molecule has 4 N–H and O–H groups in total. The van der Waals surface area contributed by atoms with Crippen molar-refractivity contribution >= 4 is 17.2 Å². The number of aliphatic hydroxyl groups is 2. The highest BCUT2D eigenvalue weighted by Gasteiger charge is 2.19. The van der Waals surface area contributed by atoms with Gasteiger partial charge < -0.3 is 25.2 Å². The van der Waals surface area contributed by atoms with E-state index in [1.54, 1.807) is 11.3 Å². The van der Waals surface area contributed by atoms with Crippen molar-refractivity contribution in [1.82, 2.24) is 10.1 Å². The summed E-state index contributed by atoms with van der Waals surface area (Å²) in [6.45, 7) is 5.87. The van der Waals surface area contributed by atoms with Gasteiger partial charge in [-0.3, -0.25) is 4.79 Å². The first-order valence-corrected chi connectivity index (χ1v) is 11.4. The van der Waals surface area contributed by atoms with Crippen molar-refractivity contribution in [3.8, 4) is 27.9 Å². The van der Waals surface area contributed by atoms with Crippen LogP contribution in [0, 0.1) is 13.8 Å². The van der Waals surface area contributed by atoms with Gasteiger partial charge >= 0.3 is 0 Å². The van der Waals surface area contributed by atoms with Crippen LogP contribution >= 0.6 is 11.3 Å². The van der Waals surface area contributed by atoms with Crippen LogP contribution in [-0.2, 0) is 11.2 Å². The van der Waals surface area contributed by atoms with Gasteiger partial charge in [0.1, 0.15) is 18.5 Å². The van der Waals surface area contributed by atoms with Crippen molar-refractivity contribution < 1.29 is 24.3 Å². The molecule has 3 aromatic rings. The van der Waals surface area contributed by atoms with Crippen LogP contribution < -0.4 is 10.5 Å². The van der Waals surface area contributed by atoms with E-state index in [-0.39, 0.29) is 13.0 Å². The van der Waals surface area contributed by atoms with Crippen molar-refractivity contribution in [2.75, 3.05) is 6.61 Å². The summed E-state index contributed by atoms with van der Waals surface area (Å²) >= 11 is 1.67. The number of hydrogen-bond acceptors (Lipinski definition) is 8. The number of primary amides is 1. The summed E-state index contributed by atoms with van der Waals surface area (Å²) in [5.74, 6) is 0.731. The Balaban J connectivity index is 1.70. The minimum absolute atomic E-state index is 0.0729. The number of carbonyl (C=O) groups is 1. The molecule has 0 saturated carbocycles. The molecule has 2 heterocycles. The summed E-state index contributed by atoms with van der Waals surface area (Å²) in [7, 11) is 0. The molecule has 8 nitrogen and oxygen atoms in total. The van der Waals surface area contributed by atoms with Crippen LogP contribution in [0.15, 0.2) is 28.8 Å². The molecule has 9 heteroatoms. The van der Waals surface area contributed by atoms with E-state index in [1.165, 1.54) is 4.88 Å². The van der Waals surface area contributed by atoms with E-state index in [9.17, 15) is 15.0 Å². The fraction of sp³-hybridized carbons (Fsp3) is 0.435. The Labute approximate surface area is 191 Å². The van der Waals surface area contributed by atoms with Gasteiger partial charge in [0.05, 0.1) is 11.0 Å². The standard InChI is InChI=1S/C23H29N3O5S/c1-4-5-6-17-7-8-19(32-17)23-25-22(26-31-23)15-9-13(2)20(14(3)10-15)30-12-16(27)11-18(28)21(24)29/h7-10,16,18,27-28H,4-6,11-12H2,1-3H3,(H2,24,29). The molecule has 0 aliphatic rings. The number of rotatable bonds is 11. The molecule has 2 aromatic heterocycles. The van der Waals surface area contributed by atoms with E-state index in [4.69, 9.17) is 15.0 Å². The first kappa shape index (κ1) is 23.9. The molecule has 1 amide bonds. The average molecular weight is 460 g/mol. The second kappa shape index (κ2) is 10.7. The number of unbranched alkanes of at least 4 members (excludes halogenated alkanes) is 1. The fourth-order valence-electron chi connectivity index (χ4n) is 3.35. The van der Waals surface area contributed by atoms with Crippen LogP contribution in [0.5, 0.6) is 5.75 Å². The maximum absolute atomic E-state index is 10.9. The number of amides is 1. The lowest BCUT2D eigenvalue weighted by Gasteiger charge is -2.17. The van der Waals surface area contributed by atoms with Crippen molar-refractivity contribution in [2.45, 2.75) is 58.7 Å². The number of nitrogens with two attached hydrogens (primary N) is 1. The lowest BCUT2D eigenvalue weighted by molar-refractivity contribution is -0.127. The summed E-state index contributed by atoms with van der Waals surface area (Å²) in [5.41, 5.74) is 7.49. The number of aromatic nitrogens is 2. The van der Waals surface area contributed by atoms with Crippen LogP contribution in [-0.4, -0.2) is 45.1 Å². The third-order valence-corrected chi connectivity index (χ3v) is 6.17. The minimum Gasteiger partial charge on any atom is -0.490 e. The molecule has 1 aromatic carbocycles. The Morgan fingerprint density at radius 2 is 1.97 bits per heavy atom. The Hall–Kier alpha value is -2.75. The predicted molar refractivity (Wildman–Crippen MR) is 122 cm³/mol. The lowest BCUT2D eigenvalue weighted by atomic mass is 10.1. The molecule has 0 fully saturated rings. The Morgan fingerprint density at radius 3 is 2.62 bits per heavy atom. The van der Waals surface area contributed by atoms with E-state index >= 15 is 0 Å². The SMILES string of the molecule is CCCCc1ccc(-c2nc(-c3cc(C)c(OCC(O)CC(O)C(N)=O)c(C)c3)no2)s1. The summed E-state index contributed by atoms with van der Waals surface area (Å²) < 4.78 is 11.2. The third kappa shape index (κ3) is 5.93. The van der Waals surface area contributed by atoms with Crippen LogP contribution in [0.3, 0.4) is 0 Å². The summed E-state index contributed by atoms with van der Waals surface area (Å²) in [6.07, 6.45) is 0.758. The Morgan fingerprint density at radius 1 is 1.25 bits per heavy atom. The Bertz CT molecular complexity index is 1040. The molecule has 3 rings (SSSR count). The summed E-state index contributed by atoms with van der Waals surface area (Å²) in [4.78, 5) is 17.7. The van der Waals surface area contributed by atoms with Gasteiger partial charge in [-0.05, 0) is 62.1 Å². The van der Waals surface area contributed by atoms with Gasteiger partial charge in [-0.15, -0.1) is 11.3 Å². The number of nitrogens with zero attached hydrogens (tertiary/aromatic N) is 2. The minimum atomic E-state index is -1.41. The van der Waals surface area contributed by atoms with Crippen molar-refractivity contribution in [1.29, 1.82) is 0 Å². The lowest BCUT2D eigenvalue weighted by Crippen LogP contribution is -2.33. The second-order valence-electron chi connectivity index (χ2n) is 7.85. The van der Waals surface area contributed by atoms with Gasteiger partial charge in [0.15, 0.2) is 0 Å². The van der Waals surface area contributed by atoms with Gasteiger partial charge in [-0.25, -0.2) is 0 Å². The number of thiophene rings is 1. The van der Waals surface area contributed by atoms with Gasteiger partial charge in [0.2, 0.25) is 11.7 Å². The van der Waals surface area contributed by atoms with E-state index in [0.717, 1.165) is 40.8 Å². The van der Waals surface area contributed by atoms with Gasteiger partial charge in [0, 0.05) is 16.9 Å². The number of ether oxygens (including phenoxy) is 1. The number of benzene rings is 1. The molecule has 2 unspecified atom stereocenters. The molecule has 0 aliphatic heterocycles. The fourth-order valence-corrected chi connectivity index (χ4v) is 4.32. The molecule has 0 aliphatic carbocycles. The number of carbonyl (C=O) groups excluding carboxylic acids is 1. The van der Waals surface area contributed by atoms with E-state index in [1.807, 2.05) is 32.0 Å². The van der Waals surface area contributed by atoms with E-state index < -0.39 is 18.1 Å². The molecular formula is C23H29N3O5S. The maximum Gasteiger partial charge on any atom is 0.268 e. The van der Waals surface area contributed by atoms with Crippen LogP contribution in [0.2, 0.25) is 0 Å². The zero-order valence-corrected chi connectivity index (χ0v) is 19.3. The molecule has 172 valence electrons. The Kier molecular flexibility index (Phi) is 8.00. The zero-order chi connectivity index (χ0) is 23.3. The topological polar surface area (TPSA) is 132 Å². The predicted octanol–water partition coefficient (Wildman–Crippen LogP) is 3.40. The second-order valence-corrected chi connectivity index (χ2v) is 9.02. The molecular weight excluding hydrogens is 430 g/mol. The summed E-state index contributed by atoms with van der Waals surface area (Å²) in [6, 6.07) is 7.91. The highest BCUT2D eigenvalue weighted by atomic mass is 32.1. The monoisotopic (exact) mass is 459 g/mol. The van der Waals surface area contributed by atoms with Crippen molar-refractivity contribution in [3.63, 3.8) is 0 Å². The van der Waals surface area contributed by atoms with Gasteiger partial charge in [0.25, 0.3) is 5.89 Å². The molecule has 0 spiro atoms. The third-order valence-electron chi connectivity index (χ3n) is 5.04. The number of aryl methyl sites for hydroxylation is 3. The van der Waals surface area contributed by atoms with Crippen LogP contribution in [0.4, 0.5) is 0 Å². The molecule has 0 radical (unpaired) electrons. The van der Waals surface area contributed by atoms with E-state index in [2.05, 4.69) is 23.1 Å². The van der Waals surface area contributed by atoms with Gasteiger partial charge in [-0.1, -0.05) is 18.5 Å². The molecule has 32 heavy (non-hydrogen) atoms. The van der Waals surface area contributed by atoms with Crippen LogP contribution in [0.25, 0.3) is 22.2 Å². The van der Waals surface area contributed by atoms with E-state index in [0.29, 0.717) is 17.5 Å². The first-order valence-electron chi connectivity index (χ1n) is 10.6. The van der Waals surface area contributed by atoms with Crippen LogP contribution in [0.1, 0.15) is 42.2 Å². The van der Waals surface area contributed by atoms with Crippen molar-refractivity contribution in [2.24, 2.45) is 5.73 Å². The molecule has 2 atom stereocenters.